The van der Waals surface area contributed by atoms with Gasteiger partial charge in [0.15, 0.2) is 0 Å². The third-order valence-corrected chi connectivity index (χ3v) is 23.9. The van der Waals surface area contributed by atoms with Crippen molar-refractivity contribution in [3.63, 3.8) is 0 Å². The summed E-state index contributed by atoms with van der Waals surface area (Å²) in [5.74, 6) is 0. The van der Waals surface area contributed by atoms with Gasteiger partial charge >= 0.3 is 0 Å². The molecule has 684 valence electrons. The molecular weight excluding hydrogens is 1720 g/mol. The predicted molar refractivity (Wildman–Crippen MR) is 588 cm³/mol. The monoisotopic (exact) mass is 1820 g/mol. The molecule has 0 amide bonds. The minimum absolute atomic E-state index is 0.919. The topological polar surface area (TPSA) is 155 Å². The molecule has 0 bridgehead atoms. The summed E-state index contributed by atoms with van der Waals surface area (Å²) in [5, 5.41) is 15.5. The molecule has 24 aromatic rings. The van der Waals surface area contributed by atoms with Crippen molar-refractivity contribution in [2.45, 2.75) is 62.3 Å². The fourth-order valence-corrected chi connectivity index (χ4v) is 16.3. The van der Waals surface area contributed by atoms with E-state index in [1.54, 1.807) is 37.2 Å². The summed E-state index contributed by atoms with van der Waals surface area (Å²) in [6.45, 7) is 18.9. The summed E-state index contributed by atoms with van der Waals surface area (Å²) < 4.78 is 0. The molecule has 12 heterocycles. The van der Waals surface area contributed by atoms with Crippen molar-refractivity contribution in [3.05, 3.63) is 544 Å². The van der Waals surface area contributed by atoms with Gasteiger partial charge in [0.05, 0.1) is 34.2 Å². The maximum absolute atomic E-state index is 4.43. The van der Waals surface area contributed by atoms with Crippen LogP contribution in [0, 0.1) is 62.3 Å². The van der Waals surface area contributed by atoms with Crippen LogP contribution in [0.15, 0.2) is 494 Å². The third kappa shape index (κ3) is 26.4. The Balaban J connectivity index is 0.000000114. The first-order chi connectivity index (χ1) is 69.1. The Morgan fingerprint density at radius 3 is 0.851 bits per heavy atom. The predicted octanol–water partition coefficient (Wildman–Crippen LogP) is 32.6. The summed E-state index contributed by atoms with van der Waals surface area (Å²) >= 11 is 0. The van der Waals surface area contributed by atoms with Crippen molar-refractivity contribution >= 4 is 64.6 Å². The average Bonchev–Trinajstić information content (AvgIpc) is 0.727. The summed E-state index contributed by atoms with van der Waals surface area (Å²) in [7, 11) is 0. The second-order valence-corrected chi connectivity index (χ2v) is 34.4. The molecule has 0 saturated heterocycles. The minimum Gasteiger partial charge on any atom is -0.265 e. The van der Waals surface area contributed by atoms with Crippen LogP contribution in [0.25, 0.3) is 166 Å². The number of benzene rings is 12. The van der Waals surface area contributed by atoms with Crippen LogP contribution in [0.4, 0.5) is 0 Å². The third-order valence-electron chi connectivity index (χ3n) is 23.9. The lowest BCUT2D eigenvalue weighted by molar-refractivity contribution is 1.22. The van der Waals surface area contributed by atoms with E-state index in [1.807, 2.05) is 216 Å². The minimum atomic E-state index is 0.919. The molecule has 0 N–H and O–H groups in total. The first kappa shape index (κ1) is 96.1. The molecule has 24 rings (SSSR count). The maximum atomic E-state index is 4.43. The lowest BCUT2D eigenvalue weighted by Gasteiger charge is -2.08. The van der Waals surface area contributed by atoms with Gasteiger partial charge in [-0.05, 0) is 327 Å². The average molecular weight is 1830 g/mol. The van der Waals surface area contributed by atoms with Crippen molar-refractivity contribution in [1.29, 1.82) is 0 Å². The van der Waals surface area contributed by atoms with Gasteiger partial charge < -0.3 is 0 Å². The maximum Gasteiger partial charge on any atom is 0.0886 e. The van der Waals surface area contributed by atoms with Gasteiger partial charge in [-0.25, -0.2) is 0 Å². The molecule has 141 heavy (non-hydrogen) atoms. The Hall–Kier alpha value is -18.0. The van der Waals surface area contributed by atoms with Crippen LogP contribution in [0.3, 0.4) is 0 Å². The molecule has 0 radical (unpaired) electrons. The van der Waals surface area contributed by atoms with Crippen LogP contribution >= 0.6 is 0 Å². The molecule has 0 aliphatic heterocycles. The summed E-state index contributed by atoms with van der Waals surface area (Å²) in [6, 6.07) is 132. The highest BCUT2D eigenvalue weighted by Gasteiger charge is 2.12. The number of hydrogen-bond acceptors (Lipinski definition) is 12. The zero-order chi connectivity index (χ0) is 97.3. The van der Waals surface area contributed by atoms with Crippen LogP contribution < -0.4 is 0 Å². The lowest BCUT2D eigenvalue weighted by atomic mass is 9.96. The van der Waals surface area contributed by atoms with Crippen molar-refractivity contribution in [1.82, 2.24) is 59.8 Å². The van der Waals surface area contributed by atoms with E-state index in [0.717, 1.165) is 50.9 Å². The normalized spacial score (nSPS) is 10.4. The molecule has 0 aliphatic rings. The van der Waals surface area contributed by atoms with Gasteiger partial charge in [-0.2, -0.15) is 0 Å². The van der Waals surface area contributed by atoms with Gasteiger partial charge in [-0.1, -0.05) is 265 Å². The first-order valence-corrected chi connectivity index (χ1v) is 47.1. The van der Waals surface area contributed by atoms with Crippen LogP contribution in [0.5, 0.6) is 0 Å². The molecular formula is C129H108N12. The highest BCUT2D eigenvalue weighted by molar-refractivity contribution is 6.01. The highest BCUT2D eigenvalue weighted by atomic mass is 14.8. The molecule has 0 saturated carbocycles. The number of nitrogens with zero attached hydrogens (tertiary/aromatic N) is 12. The lowest BCUT2D eigenvalue weighted by Crippen LogP contribution is -1.86. The Morgan fingerprint density at radius 1 is 0.135 bits per heavy atom. The van der Waals surface area contributed by atoms with Crippen LogP contribution in [-0.2, 0) is 0 Å². The zero-order valence-electron chi connectivity index (χ0n) is 80.6. The SMILES string of the molecule is Cc1ccc(-c2ccccn2)c2ccccc12.Cc1ccc(-c2ccccn2)nc1.Cc1ccc(-c2cccnc2)c2ccccc12.Cc1ccc(-c2cccnc2)nc1.Cc1ccc(-c2ccncc2)c2ccccc12.Cc1ccc(-c2ccncc2)nc1.Cc1ccc2cc(-c3ccccn3)ccc2c1.Cc1ccc2cc(-c3cccnc3)ccc2c1.Cc1ccc2cc(-c3ccncc3)ccc2c1. The largest absolute Gasteiger partial charge is 0.265 e. The molecule has 12 heteroatoms. The van der Waals surface area contributed by atoms with E-state index in [1.165, 1.54) is 165 Å². The number of rotatable bonds is 9. The fourth-order valence-electron chi connectivity index (χ4n) is 16.3. The van der Waals surface area contributed by atoms with Crippen molar-refractivity contribution in [2.24, 2.45) is 0 Å². The molecule has 0 aliphatic carbocycles. The van der Waals surface area contributed by atoms with E-state index in [-0.39, 0.29) is 0 Å². The molecule has 12 aromatic heterocycles. The first-order valence-electron chi connectivity index (χ1n) is 47.1. The second-order valence-electron chi connectivity index (χ2n) is 34.4. The van der Waals surface area contributed by atoms with Gasteiger partial charge in [0.2, 0.25) is 0 Å². The molecule has 0 spiro atoms. The Morgan fingerprint density at radius 2 is 0.440 bits per heavy atom. The van der Waals surface area contributed by atoms with E-state index >= 15 is 0 Å². The summed E-state index contributed by atoms with van der Waals surface area (Å²) in [5.41, 5.74) is 31.5. The molecule has 0 unspecified atom stereocenters. The van der Waals surface area contributed by atoms with Crippen LogP contribution in [-0.4, -0.2) is 59.8 Å². The zero-order valence-corrected chi connectivity index (χ0v) is 80.6. The van der Waals surface area contributed by atoms with Gasteiger partial charge in [0.1, 0.15) is 0 Å². The van der Waals surface area contributed by atoms with Gasteiger partial charge in [0.25, 0.3) is 0 Å². The number of fused-ring (bicyclic) bond motifs is 6. The smallest absolute Gasteiger partial charge is 0.0886 e. The van der Waals surface area contributed by atoms with Gasteiger partial charge in [-0.15, -0.1) is 0 Å². The summed E-state index contributed by atoms with van der Waals surface area (Å²) in [6.07, 6.45) is 32.9. The number of hydrogen-bond donors (Lipinski definition) is 0. The molecule has 0 atom stereocenters. The number of aromatic nitrogens is 12. The Bertz CT molecular complexity index is 7360. The Kier molecular flexibility index (Phi) is 33.0. The van der Waals surface area contributed by atoms with Crippen LogP contribution in [0.2, 0.25) is 0 Å². The van der Waals surface area contributed by atoms with Gasteiger partial charge in [0, 0.05) is 145 Å². The van der Waals surface area contributed by atoms with Crippen molar-refractivity contribution in [3.8, 4) is 101 Å². The summed E-state index contributed by atoms with van der Waals surface area (Å²) in [4.78, 5) is 50.4. The van der Waals surface area contributed by atoms with Crippen LogP contribution in [0.1, 0.15) is 50.1 Å². The quantitative estimate of drug-likeness (QED) is 0.135. The molecule has 12 aromatic carbocycles. The molecule has 0 fully saturated rings. The van der Waals surface area contributed by atoms with E-state index in [2.05, 4.69) is 362 Å². The standard InChI is InChI=1S/6C16H13N.3C11H10N2/c1-12-2-3-16-11-15(5-4-14(16)10-12)13-6-8-17-9-7-13;1-12-4-5-14-10-15(7-6-13(14)9-12)16-3-2-8-17-11-16;1-12-8-9-15(13-5-4-10-17-11-13)16-7-3-2-6-14(12)16;1-12-9-10-15(16-8-4-5-11-17-16)14-7-3-2-6-13(12)14;1-12-5-6-14-11-15(8-7-13(14)10-12)16-4-2-3-9-17-16;1-12-6-7-15(13-8-10-17-11-9-13)16-5-3-2-4-14(12)16;1-9-2-3-11(13-8-9)10-4-6-12-7-5-10;1-9-4-5-11(13-7-9)10-3-2-6-12-8-10;1-9-5-6-11(13-8-9)10-4-2-3-7-12-10/h6*2-11H,1H3;3*2-8H,1H3. The Labute approximate surface area is 825 Å². The van der Waals surface area contributed by atoms with E-state index in [4.69, 9.17) is 0 Å². The second kappa shape index (κ2) is 48.5. The van der Waals surface area contributed by atoms with Crippen molar-refractivity contribution < 1.29 is 0 Å². The number of pyridine rings is 12. The van der Waals surface area contributed by atoms with E-state index in [9.17, 15) is 0 Å². The molecule has 12 nitrogen and oxygen atoms in total. The van der Waals surface area contributed by atoms with E-state index < -0.39 is 0 Å². The number of aryl methyl sites for hydroxylation is 9. The van der Waals surface area contributed by atoms with Gasteiger partial charge in [-0.3, -0.25) is 59.8 Å². The fraction of sp³-hybridized carbons (Fsp3) is 0.0698. The van der Waals surface area contributed by atoms with E-state index in [0.29, 0.717) is 0 Å². The highest BCUT2D eigenvalue weighted by Crippen LogP contribution is 2.35. The van der Waals surface area contributed by atoms with Crippen molar-refractivity contribution in [2.75, 3.05) is 0 Å².